The highest BCUT2D eigenvalue weighted by molar-refractivity contribution is 5.94. The van der Waals surface area contributed by atoms with E-state index in [1.54, 1.807) is 12.1 Å². The lowest BCUT2D eigenvalue weighted by atomic mass is 9.87. The fraction of sp³-hybridized carbons (Fsp3) is 0.300. The largest absolute Gasteiger partial charge is 0.482 e. The van der Waals surface area contributed by atoms with Crippen LogP contribution in [0.15, 0.2) is 48.5 Å². The molecule has 25 heavy (non-hydrogen) atoms. The molecule has 0 aromatic heterocycles. The van der Waals surface area contributed by atoms with E-state index in [4.69, 9.17) is 4.74 Å². The number of hydrogen-bond donors (Lipinski definition) is 1. The van der Waals surface area contributed by atoms with Gasteiger partial charge in [0.25, 0.3) is 5.91 Å². The number of fused-ring (bicyclic) bond motifs is 1. The Bertz CT molecular complexity index is 758. The summed E-state index contributed by atoms with van der Waals surface area (Å²) in [6.07, 6.45) is 2.70. The third-order valence-electron chi connectivity index (χ3n) is 4.38. The van der Waals surface area contributed by atoms with E-state index in [2.05, 4.69) is 10.1 Å². The summed E-state index contributed by atoms with van der Waals surface area (Å²) < 4.78 is 10.2. The molecule has 1 unspecified atom stereocenters. The number of esters is 1. The number of benzene rings is 2. The highest BCUT2D eigenvalue weighted by Crippen LogP contribution is 2.35. The van der Waals surface area contributed by atoms with Gasteiger partial charge in [-0.25, -0.2) is 4.79 Å². The highest BCUT2D eigenvalue weighted by Gasteiger charge is 2.24. The standard InChI is InChI=1S/C20H21NO4/c1-24-19(22)13-25-18-12-6-9-15-16(18)10-5-11-17(15)21-20(23)14-7-3-2-4-8-14/h2-4,6-9,12,17H,5,10-11,13H2,1H3,(H,21,23). The van der Waals surface area contributed by atoms with Crippen molar-refractivity contribution in [3.05, 3.63) is 65.2 Å². The summed E-state index contributed by atoms with van der Waals surface area (Å²) in [7, 11) is 1.33. The average Bonchev–Trinajstić information content (AvgIpc) is 2.67. The first kappa shape index (κ1) is 17.0. The molecule has 0 heterocycles. The third-order valence-corrected chi connectivity index (χ3v) is 4.38. The number of nitrogens with one attached hydrogen (secondary N) is 1. The minimum Gasteiger partial charge on any atom is -0.482 e. The molecule has 130 valence electrons. The normalized spacial score (nSPS) is 15.8. The molecule has 1 atom stereocenters. The van der Waals surface area contributed by atoms with Gasteiger partial charge >= 0.3 is 5.97 Å². The molecule has 1 amide bonds. The lowest BCUT2D eigenvalue weighted by Crippen LogP contribution is -2.31. The smallest absolute Gasteiger partial charge is 0.343 e. The Hall–Kier alpha value is -2.82. The first-order valence-corrected chi connectivity index (χ1v) is 8.36. The van der Waals surface area contributed by atoms with Gasteiger partial charge in [0.2, 0.25) is 0 Å². The molecule has 2 aromatic carbocycles. The van der Waals surface area contributed by atoms with Crippen LogP contribution in [0.3, 0.4) is 0 Å². The molecule has 1 aliphatic carbocycles. The summed E-state index contributed by atoms with van der Waals surface area (Å²) in [6.45, 7) is -0.117. The summed E-state index contributed by atoms with van der Waals surface area (Å²) in [5.74, 6) is 0.184. The quantitative estimate of drug-likeness (QED) is 0.851. The van der Waals surface area contributed by atoms with Crippen molar-refractivity contribution in [2.75, 3.05) is 13.7 Å². The molecule has 5 heteroatoms. The van der Waals surface area contributed by atoms with Crippen molar-refractivity contribution in [2.24, 2.45) is 0 Å². The molecule has 0 radical (unpaired) electrons. The molecule has 1 aliphatic rings. The maximum Gasteiger partial charge on any atom is 0.343 e. The molecule has 0 saturated heterocycles. The van der Waals surface area contributed by atoms with Crippen LogP contribution in [0.5, 0.6) is 5.75 Å². The van der Waals surface area contributed by atoms with Crippen LogP contribution < -0.4 is 10.1 Å². The fourth-order valence-electron chi connectivity index (χ4n) is 3.13. The van der Waals surface area contributed by atoms with Gasteiger partial charge in [-0.05, 0) is 48.6 Å². The highest BCUT2D eigenvalue weighted by atomic mass is 16.6. The number of carbonyl (C=O) groups excluding carboxylic acids is 2. The second kappa shape index (κ2) is 7.83. The summed E-state index contributed by atoms with van der Waals surface area (Å²) >= 11 is 0. The molecule has 1 N–H and O–H groups in total. The molecular weight excluding hydrogens is 318 g/mol. The van der Waals surface area contributed by atoms with E-state index in [-0.39, 0.29) is 18.6 Å². The Morgan fingerprint density at radius 3 is 2.68 bits per heavy atom. The van der Waals surface area contributed by atoms with Gasteiger partial charge in [0.05, 0.1) is 13.2 Å². The van der Waals surface area contributed by atoms with Gasteiger partial charge in [0, 0.05) is 5.56 Å². The molecule has 0 saturated carbocycles. The van der Waals surface area contributed by atoms with Crippen molar-refractivity contribution in [2.45, 2.75) is 25.3 Å². The van der Waals surface area contributed by atoms with Crippen molar-refractivity contribution >= 4 is 11.9 Å². The topological polar surface area (TPSA) is 64.6 Å². The van der Waals surface area contributed by atoms with E-state index in [0.717, 1.165) is 30.4 Å². The minimum atomic E-state index is -0.414. The molecule has 0 aliphatic heterocycles. The summed E-state index contributed by atoms with van der Waals surface area (Å²) in [4.78, 5) is 23.8. The number of hydrogen-bond acceptors (Lipinski definition) is 4. The SMILES string of the molecule is COC(=O)COc1cccc2c1CCCC2NC(=O)c1ccccc1. The Balaban J connectivity index is 1.77. The zero-order chi connectivity index (χ0) is 17.6. The van der Waals surface area contributed by atoms with Gasteiger partial charge in [0.1, 0.15) is 5.75 Å². The summed E-state index contributed by atoms with van der Waals surface area (Å²) in [6, 6.07) is 14.9. The van der Waals surface area contributed by atoms with Crippen molar-refractivity contribution < 1.29 is 19.1 Å². The van der Waals surface area contributed by atoms with Gasteiger partial charge in [-0.2, -0.15) is 0 Å². The third kappa shape index (κ3) is 3.99. The summed E-state index contributed by atoms with van der Waals surface area (Å²) in [5.41, 5.74) is 2.75. The first-order chi connectivity index (χ1) is 12.2. The van der Waals surface area contributed by atoms with Crippen molar-refractivity contribution in [1.82, 2.24) is 5.32 Å². The van der Waals surface area contributed by atoms with Crippen LogP contribution in [0.25, 0.3) is 0 Å². The molecule has 0 bridgehead atoms. The van der Waals surface area contributed by atoms with E-state index in [1.165, 1.54) is 7.11 Å². The van der Waals surface area contributed by atoms with Crippen molar-refractivity contribution in [3.8, 4) is 5.75 Å². The molecule has 0 fully saturated rings. The summed E-state index contributed by atoms with van der Waals surface area (Å²) in [5, 5.41) is 3.11. The Morgan fingerprint density at radius 1 is 1.12 bits per heavy atom. The lowest BCUT2D eigenvalue weighted by Gasteiger charge is -2.28. The van der Waals surface area contributed by atoms with Crippen LogP contribution >= 0.6 is 0 Å². The van der Waals surface area contributed by atoms with E-state index >= 15 is 0 Å². The van der Waals surface area contributed by atoms with Crippen LogP contribution in [0, 0.1) is 0 Å². The molecule has 0 spiro atoms. The van der Waals surface area contributed by atoms with Crippen LogP contribution in [0.1, 0.15) is 40.4 Å². The molecule has 3 rings (SSSR count). The predicted octanol–water partition coefficient (Wildman–Crippen LogP) is 3.05. The monoisotopic (exact) mass is 339 g/mol. The van der Waals surface area contributed by atoms with Gasteiger partial charge in [0.15, 0.2) is 6.61 Å². The minimum absolute atomic E-state index is 0.0573. The Morgan fingerprint density at radius 2 is 1.92 bits per heavy atom. The number of ether oxygens (including phenoxy) is 2. The maximum absolute atomic E-state index is 12.5. The van der Waals surface area contributed by atoms with Gasteiger partial charge in [-0.3, -0.25) is 4.79 Å². The van der Waals surface area contributed by atoms with Crippen molar-refractivity contribution in [3.63, 3.8) is 0 Å². The fourth-order valence-corrected chi connectivity index (χ4v) is 3.13. The van der Waals surface area contributed by atoms with E-state index in [9.17, 15) is 9.59 Å². The zero-order valence-corrected chi connectivity index (χ0v) is 14.2. The van der Waals surface area contributed by atoms with Crippen molar-refractivity contribution in [1.29, 1.82) is 0 Å². The average molecular weight is 339 g/mol. The molecular formula is C20H21NO4. The van der Waals surface area contributed by atoms with Gasteiger partial charge in [-0.15, -0.1) is 0 Å². The lowest BCUT2D eigenvalue weighted by molar-refractivity contribution is -0.142. The van der Waals surface area contributed by atoms with Gasteiger partial charge in [-0.1, -0.05) is 30.3 Å². The number of rotatable bonds is 5. The van der Waals surface area contributed by atoms with E-state index in [1.807, 2.05) is 36.4 Å². The number of amides is 1. The second-order valence-electron chi connectivity index (χ2n) is 5.97. The van der Waals surface area contributed by atoms with E-state index < -0.39 is 5.97 Å². The number of methoxy groups -OCH3 is 1. The molecule has 5 nitrogen and oxygen atoms in total. The zero-order valence-electron chi connectivity index (χ0n) is 14.2. The predicted molar refractivity (Wildman–Crippen MR) is 93.5 cm³/mol. The van der Waals surface area contributed by atoms with Crippen LogP contribution in [-0.4, -0.2) is 25.6 Å². The maximum atomic E-state index is 12.5. The number of carbonyl (C=O) groups is 2. The van der Waals surface area contributed by atoms with Crippen LogP contribution in [-0.2, 0) is 16.0 Å². The second-order valence-corrected chi connectivity index (χ2v) is 5.97. The molecule has 2 aromatic rings. The van der Waals surface area contributed by atoms with Gasteiger partial charge < -0.3 is 14.8 Å². The van der Waals surface area contributed by atoms with Crippen LogP contribution in [0.2, 0.25) is 0 Å². The Labute approximate surface area is 147 Å². The van der Waals surface area contributed by atoms with E-state index in [0.29, 0.717) is 11.3 Å². The van der Waals surface area contributed by atoms with Crippen LogP contribution in [0.4, 0.5) is 0 Å². The first-order valence-electron chi connectivity index (χ1n) is 8.36. The Kier molecular flexibility index (Phi) is 5.33.